The Kier molecular flexibility index (Phi) is 6.48. The maximum Gasteiger partial charge on any atom is 0.244 e. The molecule has 2 unspecified atom stereocenters. The lowest BCUT2D eigenvalue weighted by molar-refractivity contribution is -0.139. The van der Waals surface area contributed by atoms with E-state index in [2.05, 4.69) is 15.0 Å². The molecule has 2 saturated heterocycles. The number of carbonyl (C=O) groups is 1. The summed E-state index contributed by atoms with van der Waals surface area (Å²) in [5.41, 5.74) is 1.62. The van der Waals surface area contributed by atoms with Crippen LogP contribution in [-0.4, -0.2) is 52.0 Å². The summed E-state index contributed by atoms with van der Waals surface area (Å²) in [6.45, 7) is 3.19. The molecule has 0 spiro atoms. The van der Waals surface area contributed by atoms with Crippen LogP contribution in [0.15, 0.2) is 59.1 Å². The van der Waals surface area contributed by atoms with Crippen LogP contribution in [0.1, 0.15) is 55.5 Å². The maximum atomic E-state index is 13.7. The number of nitrogens with zero attached hydrogens (tertiary/aromatic N) is 4. The van der Waals surface area contributed by atoms with Crippen LogP contribution in [0.3, 0.4) is 0 Å². The number of amides is 1. The van der Waals surface area contributed by atoms with Gasteiger partial charge in [0.2, 0.25) is 17.6 Å². The first kappa shape index (κ1) is 21.8. The summed E-state index contributed by atoms with van der Waals surface area (Å²) in [4.78, 5) is 22.5. The van der Waals surface area contributed by atoms with Gasteiger partial charge in [0.15, 0.2) is 0 Å². The van der Waals surface area contributed by atoms with Gasteiger partial charge in [-0.1, -0.05) is 47.6 Å². The molecular formula is C26H29FN4O2. The highest BCUT2D eigenvalue weighted by Crippen LogP contribution is 2.34. The highest BCUT2D eigenvalue weighted by atomic mass is 19.1. The zero-order valence-corrected chi connectivity index (χ0v) is 18.7. The smallest absolute Gasteiger partial charge is 0.244 e. The molecule has 0 radical (unpaired) electrons. The van der Waals surface area contributed by atoms with E-state index in [1.54, 1.807) is 12.1 Å². The molecule has 0 N–H and O–H groups in total. The van der Waals surface area contributed by atoms with E-state index in [0.29, 0.717) is 23.8 Å². The van der Waals surface area contributed by atoms with Gasteiger partial charge in [0, 0.05) is 25.2 Å². The number of rotatable bonds is 5. The third-order valence-corrected chi connectivity index (χ3v) is 6.71. The van der Waals surface area contributed by atoms with Crippen LogP contribution in [0.4, 0.5) is 4.39 Å². The Bertz CT molecular complexity index is 1080. The van der Waals surface area contributed by atoms with Gasteiger partial charge in [-0.25, -0.2) is 4.39 Å². The second kappa shape index (κ2) is 9.83. The molecule has 3 heterocycles. The molecule has 2 aliphatic heterocycles. The lowest BCUT2D eigenvalue weighted by Gasteiger charge is -2.39. The Balaban J connectivity index is 1.38. The molecule has 2 fully saturated rings. The van der Waals surface area contributed by atoms with Crippen LogP contribution in [0.2, 0.25) is 0 Å². The molecule has 0 aliphatic carbocycles. The lowest BCUT2D eigenvalue weighted by Crippen LogP contribution is -2.47. The predicted molar refractivity (Wildman–Crippen MR) is 123 cm³/mol. The van der Waals surface area contributed by atoms with E-state index >= 15 is 0 Å². The van der Waals surface area contributed by atoms with Crippen LogP contribution < -0.4 is 0 Å². The van der Waals surface area contributed by atoms with E-state index in [1.165, 1.54) is 18.6 Å². The van der Waals surface area contributed by atoms with Crippen LogP contribution >= 0.6 is 0 Å². The summed E-state index contributed by atoms with van der Waals surface area (Å²) in [6, 6.07) is 16.0. The summed E-state index contributed by atoms with van der Waals surface area (Å²) in [5.74, 6) is 0.841. The summed E-state index contributed by atoms with van der Waals surface area (Å²) in [6.07, 6.45) is 5.19. The molecule has 172 valence electrons. The van der Waals surface area contributed by atoms with E-state index in [1.807, 2.05) is 35.2 Å². The fourth-order valence-electron chi connectivity index (χ4n) is 5.02. The molecule has 2 aliphatic rings. The van der Waals surface area contributed by atoms with Gasteiger partial charge in [-0.15, -0.1) is 0 Å². The van der Waals surface area contributed by atoms with Gasteiger partial charge in [0.05, 0.1) is 5.92 Å². The van der Waals surface area contributed by atoms with Gasteiger partial charge in [0.25, 0.3) is 0 Å². The number of likely N-dealkylation sites (tertiary alicyclic amines) is 2. The van der Waals surface area contributed by atoms with Crippen molar-refractivity contribution in [2.75, 3.05) is 26.2 Å². The molecule has 6 nitrogen and oxygen atoms in total. The van der Waals surface area contributed by atoms with Gasteiger partial charge in [-0.3, -0.25) is 9.69 Å². The highest BCUT2D eigenvalue weighted by Gasteiger charge is 2.36. The molecule has 33 heavy (non-hydrogen) atoms. The van der Waals surface area contributed by atoms with Gasteiger partial charge in [0.1, 0.15) is 11.9 Å². The van der Waals surface area contributed by atoms with E-state index < -0.39 is 0 Å². The van der Waals surface area contributed by atoms with Crippen molar-refractivity contribution in [3.63, 3.8) is 0 Å². The second-order valence-electron chi connectivity index (χ2n) is 9.00. The Morgan fingerprint density at radius 1 is 1.00 bits per heavy atom. The van der Waals surface area contributed by atoms with Crippen LogP contribution in [0.25, 0.3) is 11.4 Å². The topological polar surface area (TPSA) is 62.5 Å². The van der Waals surface area contributed by atoms with Gasteiger partial charge in [-0.05, 0) is 56.3 Å². The van der Waals surface area contributed by atoms with E-state index in [-0.39, 0.29) is 23.7 Å². The third-order valence-electron chi connectivity index (χ3n) is 6.71. The minimum Gasteiger partial charge on any atom is -0.341 e. The zero-order chi connectivity index (χ0) is 22.6. The van der Waals surface area contributed by atoms with Crippen molar-refractivity contribution in [3.05, 3.63) is 71.9 Å². The Morgan fingerprint density at radius 2 is 1.82 bits per heavy atom. The van der Waals surface area contributed by atoms with Crippen LogP contribution in [0, 0.1) is 5.82 Å². The molecule has 0 bridgehead atoms. The Morgan fingerprint density at radius 3 is 2.61 bits per heavy atom. The van der Waals surface area contributed by atoms with Crippen molar-refractivity contribution >= 4 is 5.91 Å². The minimum atomic E-state index is -0.329. The largest absolute Gasteiger partial charge is 0.341 e. The average Bonchev–Trinajstić information content (AvgIpc) is 3.36. The SMILES string of the molecule is O=C(C(c1ccccc1)N1CCCC(c2nc(-c3cccc(F)c3)no2)C1)N1CCCCC1. The highest BCUT2D eigenvalue weighted by molar-refractivity contribution is 5.83. The van der Waals surface area contributed by atoms with Crippen molar-refractivity contribution in [1.29, 1.82) is 0 Å². The monoisotopic (exact) mass is 448 g/mol. The number of aromatic nitrogens is 2. The number of hydrogen-bond acceptors (Lipinski definition) is 5. The normalized spacial score (nSPS) is 20.5. The van der Waals surface area contributed by atoms with Crippen molar-refractivity contribution < 1.29 is 13.7 Å². The standard InChI is InChI=1S/C26H29FN4O2/c27-22-13-7-11-20(17-22)24-28-25(33-29-24)21-12-8-16-31(18-21)23(19-9-3-1-4-10-19)26(32)30-14-5-2-6-15-30/h1,3-4,7,9-11,13,17,21,23H,2,5-6,8,12,14-16,18H2. The Labute approximate surface area is 193 Å². The average molecular weight is 449 g/mol. The third kappa shape index (κ3) is 4.83. The van der Waals surface area contributed by atoms with Crippen molar-refractivity contribution in [3.8, 4) is 11.4 Å². The van der Waals surface area contributed by atoms with E-state index in [9.17, 15) is 9.18 Å². The summed E-state index contributed by atoms with van der Waals surface area (Å²) >= 11 is 0. The molecule has 1 amide bonds. The Hall–Kier alpha value is -3.06. The summed E-state index contributed by atoms with van der Waals surface area (Å²) in [7, 11) is 0. The predicted octanol–water partition coefficient (Wildman–Crippen LogP) is 4.81. The van der Waals surface area contributed by atoms with Crippen LogP contribution in [0.5, 0.6) is 0 Å². The first-order chi connectivity index (χ1) is 16.2. The summed E-state index contributed by atoms with van der Waals surface area (Å²) < 4.78 is 19.2. The number of piperidine rings is 2. The molecule has 7 heteroatoms. The lowest BCUT2D eigenvalue weighted by atomic mass is 9.93. The van der Waals surface area contributed by atoms with Gasteiger partial charge < -0.3 is 9.42 Å². The molecule has 1 aromatic heterocycles. The first-order valence-corrected chi connectivity index (χ1v) is 11.9. The van der Waals surface area contributed by atoms with Crippen molar-refractivity contribution in [2.24, 2.45) is 0 Å². The van der Waals surface area contributed by atoms with E-state index in [0.717, 1.165) is 50.9 Å². The summed E-state index contributed by atoms with van der Waals surface area (Å²) in [5, 5.41) is 4.09. The molecule has 2 atom stereocenters. The maximum absolute atomic E-state index is 13.7. The fraction of sp³-hybridized carbons (Fsp3) is 0.423. The van der Waals surface area contributed by atoms with Crippen molar-refractivity contribution in [1.82, 2.24) is 19.9 Å². The van der Waals surface area contributed by atoms with Crippen LogP contribution in [-0.2, 0) is 4.79 Å². The second-order valence-corrected chi connectivity index (χ2v) is 9.00. The first-order valence-electron chi connectivity index (χ1n) is 11.9. The molecule has 3 aromatic rings. The van der Waals surface area contributed by atoms with Gasteiger partial charge in [-0.2, -0.15) is 4.98 Å². The molecule has 2 aromatic carbocycles. The van der Waals surface area contributed by atoms with E-state index in [4.69, 9.17) is 4.52 Å². The molecular weight excluding hydrogens is 419 g/mol. The number of benzene rings is 2. The molecule has 5 rings (SSSR count). The quantitative estimate of drug-likeness (QED) is 0.561. The minimum absolute atomic E-state index is 0.0360. The number of hydrogen-bond donors (Lipinski definition) is 0. The van der Waals surface area contributed by atoms with Gasteiger partial charge >= 0.3 is 0 Å². The number of halogens is 1. The zero-order valence-electron chi connectivity index (χ0n) is 18.7. The fourth-order valence-corrected chi connectivity index (χ4v) is 5.02. The van der Waals surface area contributed by atoms with Crippen molar-refractivity contribution in [2.45, 2.75) is 44.1 Å². The number of carbonyl (C=O) groups excluding carboxylic acids is 1. The molecule has 0 saturated carbocycles.